The van der Waals surface area contributed by atoms with Crippen molar-refractivity contribution < 1.29 is 14.4 Å². The van der Waals surface area contributed by atoms with E-state index in [1.165, 1.54) is 12.1 Å². The van der Waals surface area contributed by atoms with Gasteiger partial charge in [-0.3, -0.25) is 4.79 Å². The summed E-state index contributed by atoms with van der Waals surface area (Å²) in [5, 5.41) is 13.0. The van der Waals surface area contributed by atoms with Gasteiger partial charge in [-0.25, -0.2) is 4.39 Å². The van der Waals surface area contributed by atoms with Gasteiger partial charge in [-0.05, 0) is 18.2 Å². The third-order valence-corrected chi connectivity index (χ3v) is 1.60. The largest absolute Gasteiger partial charge is 0.411 e. The van der Waals surface area contributed by atoms with Crippen LogP contribution in [0.15, 0.2) is 23.4 Å². The Labute approximate surface area is 84.0 Å². The molecular formula is C8H6ClFN2O2. The Morgan fingerprint density at radius 1 is 1.64 bits per heavy atom. The van der Waals surface area contributed by atoms with Crippen molar-refractivity contribution in [3.05, 3.63) is 29.0 Å². The van der Waals surface area contributed by atoms with Gasteiger partial charge in [-0.15, -0.1) is 0 Å². The minimum absolute atomic E-state index is 0.0672. The second kappa shape index (κ2) is 4.57. The highest BCUT2D eigenvalue weighted by Crippen LogP contribution is 2.19. The van der Waals surface area contributed by atoms with E-state index in [0.717, 1.165) is 6.07 Å². The summed E-state index contributed by atoms with van der Waals surface area (Å²) in [6.07, 6.45) is 0.611. The molecule has 0 aromatic heterocycles. The fraction of sp³-hybridized carbons (Fsp3) is 0. The van der Waals surface area contributed by atoms with Gasteiger partial charge in [0.2, 0.25) is 0 Å². The van der Waals surface area contributed by atoms with Crippen LogP contribution in [0.3, 0.4) is 0 Å². The second-order valence-electron chi connectivity index (χ2n) is 2.36. The highest BCUT2D eigenvalue weighted by molar-refractivity contribution is 6.33. The molecule has 0 saturated heterocycles. The molecule has 0 saturated carbocycles. The molecule has 0 bridgehead atoms. The van der Waals surface area contributed by atoms with Crippen LogP contribution in [-0.4, -0.2) is 17.3 Å². The van der Waals surface area contributed by atoms with E-state index in [1.54, 1.807) is 0 Å². The molecule has 14 heavy (non-hydrogen) atoms. The minimum atomic E-state index is -0.742. The van der Waals surface area contributed by atoms with Crippen LogP contribution in [0.5, 0.6) is 0 Å². The molecule has 0 fully saturated rings. The molecule has 0 heterocycles. The molecule has 0 atom stereocenters. The van der Waals surface area contributed by atoms with Crippen molar-refractivity contribution >= 4 is 29.4 Å². The number of hydrogen-bond acceptors (Lipinski definition) is 3. The number of nitrogens with one attached hydrogen (secondary N) is 1. The molecule has 0 aliphatic carbocycles. The molecule has 6 heteroatoms. The van der Waals surface area contributed by atoms with E-state index >= 15 is 0 Å². The van der Waals surface area contributed by atoms with E-state index in [4.69, 9.17) is 16.8 Å². The second-order valence-corrected chi connectivity index (χ2v) is 2.79. The van der Waals surface area contributed by atoms with Crippen molar-refractivity contribution in [2.45, 2.75) is 0 Å². The quantitative estimate of drug-likeness (QED) is 0.450. The van der Waals surface area contributed by atoms with Crippen molar-refractivity contribution in [1.82, 2.24) is 0 Å². The number of halogens is 2. The highest BCUT2D eigenvalue weighted by Gasteiger charge is 2.05. The zero-order chi connectivity index (χ0) is 10.6. The first-order valence-corrected chi connectivity index (χ1v) is 3.94. The smallest absolute Gasteiger partial charge is 0.270 e. The van der Waals surface area contributed by atoms with Gasteiger partial charge in [0, 0.05) is 5.02 Å². The predicted molar refractivity (Wildman–Crippen MR) is 50.3 cm³/mol. The number of nitrogens with zero attached hydrogens (tertiary/aromatic N) is 1. The number of benzene rings is 1. The monoisotopic (exact) mass is 216 g/mol. The number of carbonyl (C=O) groups excluding carboxylic acids is 1. The first kappa shape index (κ1) is 10.5. The lowest BCUT2D eigenvalue weighted by Gasteiger charge is -2.02. The Kier molecular flexibility index (Phi) is 3.41. The maximum atomic E-state index is 13.0. The van der Waals surface area contributed by atoms with Crippen molar-refractivity contribution in [1.29, 1.82) is 0 Å². The normalized spacial score (nSPS) is 10.4. The average molecular weight is 217 g/mol. The molecule has 0 unspecified atom stereocenters. The van der Waals surface area contributed by atoms with Crippen LogP contribution < -0.4 is 5.32 Å². The summed E-state index contributed by atoms with van der Waals surface area (Å²) < 4.78 is 13.0. The lowest BCUT2D eigenvalue weighted by atomic mass is 10.3. The molecule has 1 rings (SSSR count). The van der Waals surface area contributed by atoms with Gasteiger partial charge in [-0.2, -0.15) is 0 Å². The fourth-order valence-electron chi connectivity index (χ4n) is 0.811. The van der Waals surface area contributed by atoms with E-state index in [9.17, 15) is 9.18 Å². The van der Waals surface area contributed by atoms with Crippen molar-refractivity contribution in [3.63, 3.8) is 0 Å². The van der Waals surface area contributed by atoms with Crippen LogP contribution in [0, 0.1) is 5.82 Å². The lowest BCUT2D eigenvalue weighted by molar-refractivity contribution is -0.110. The number of anilines is 1. The number of hydrogen-bond donors (Lipinski definition) is 2. The van der Waals surface area contributed by atoms with Gasteiger partial charge < -0.3 is 10.5 Å². The van der Waals surface area contributed by atoms with Crippen LogP contribution in [0.1, 0.15) is 0 Å². The van der Waals surface area contributed by atoms with Crippen LogP contribution in [0.25, 0.3) is 0 Å². The number of carbonyl (C=O) groups is 1. The van der Waals surface area contributed by atoms with Gasteiger partial charge in [0.15, 0.2) is 0 Å². The Bertz CT molecular complexity index is 382. The van der Waals surface area contributed by atoms with Crippen LogP contribution in [0.2, 0.25) is 5.02 Å². The third kappa shape index (κ3) is 2.70. The van der Waals surface area contributed by atoms with E-state index in [2.05, 4.69) is 10.5 Å². The summed E-state index contributed by atoms with van der Waals surface area (Å²) in [4.78, 5) is 10.8. The molecule has 1 aromatic carbocycles. The Morgan fingerprint density at radius 2 is 2.36 bits per heavy atom. The molecule has 1 aromatic rings. The van der Waals surface area contributed by atoms with Crippen LogP contribution in [0.4, 0.5) is 10.1 Å². The topological polar surface area (TPSA) is 61.7 Å². The number of oxime groups is 1. The van der Waals surface area contributed by atoms with Crippen molar-refractivity contribution in [2.24, 2.45) is 5.16 Å². The molecule has 74 valence electrons. The number of amides is 1. The van der Waals surface area contributed by atoms with E-state index in [1.807, 2.05) is 0 Å². The molecular weight excluding hydrogens is 211 g/mol. The third-order valence-electron chi connectivity index (χ3n) is 1.36. The summed E-state index contributed by atoms with van der Waals surface area (Å²) in [7, 11) is 0. The van der Waals surface area contributed by atoms with Crippen LogP contribution in [-0.2, 0) is 4.79 Å². The maximum Gasteiger partial charge on any atom is 0.270 e. The van der Waals surface area contributed by atoms with Gasteiger partial charge >= 0.3 is 0 Å². The van der Waals surface area contributed by atoms with Crippen molar-refractivity contribution in [3.8, 4) is 0 Å². The van der Waals surface area contributed by atoms with Crippen LogP contribution >= 0.6 is 11.6 Å². The first-order valence-electron chi connectivity index (χ1n) is 3.57. The Balaban J connectivity index is 2.85. The summed E-state index contributed by atoms with van der Waals surface area (Å²) in [6, 6.07) is 3.72. The molecule has 0 aliphatic heterocycles. The van der Waals surface area contributed by atoms with E-state index in [-0.39, 0.29) is 5.69 Å². The maximum absolute atomic E-state index is 13.0. The standard InChI is InChI=1S/C8H6ClFN2O2/c9-5-1-2-6(10)7(3-5)12-8(13)4-11-14/h1-4,14H,(H,12,13)/b11-4+. The summed E-state index contributed by atoms with van der Waals surface area (Å²) in [5.74, 6) is -1.36. The summed E-state index contributed by atoms with van der Waals surface area (Å²) >= 11 is 5.58. The predicted octanol–water partition coefficient (Wildman–Crippen LogP) is 1.88. The summed E-state index contributed by atoms with van der Waals surface area (Å²) in [5.41, 5.74) is -0.0672. The number of rotatable bonds is 2. The van der Waals surface area contributed by atoms with Gasteiger partial charge in [-0.1, -0.05) is 16.8 Å². The molecule has 1 amide bonds. The lowest BCUT2D eigenvalue weighted by Crippen LogP contribution is -2.13. The molecule has 4 nitrogen and oxygen atoms in total. The zero-order valence-electron chi connectivity index (χ0n) is 6.87. The first-order chi connectivity index (χ1) is 6.63. The molecule has 0 spiro atoms. The SMILES string of the molecule is O=C(/C=N/O)Nc1cc(Cl)ccc1F. The Morgan fingerprint density at radius 3 is 3.00 bits per heavy atom. The van der Waals surface area contributed by atoms with Crippen molar-refractivity contribution in [2.75, 3.05) is 5.32 Å². The molecule has 0 aliphatic rings. The summed E-state index contributed by atoms with van der Waals surface area (Å²) in [6.45, 7) is 0. The van der Waals surface area contributed by atoms with Gasteiger partial charge in [0.05, 0.1) is 5.69 Å². The van der Waals surface area contributed by atoms with E-state index < -0.39 is 11.7 Å². The fourth-order valence-corrected chi connectivity index (χ4v) is 0.983. The van der Waals surface area contributed by atoms with E-state index in [0.29, 0.717) is 11.2 Å². The average Bonchev–Trinajstić information content (AvgIpc) is 2.12. The zero-order valence-corrected chi connectivity index (χ0v) is 7.62. The Hall–Kier alpha value is -1.62. The minimum Gasteiger partial charge on any atom is -0.411 e. The molecule has 0 radical (unpaired) electrons. The highest BCUT2D eigenvalue weighted by atomic mass is 35.5. The van der Waals surface area contributed by atoms with Gasteiger partial charge in [0.1, 0.15) is 12.0 Å². The van der Waals surface area contributed by atoms with Gasteiger partial charge in [0.25, 0.3) is 5.91 Å². The molecule has 2 N–H and O–H groups in total.